The minimum Gasteiger partial charge on any atom is -0.497 e. The fourth-order valence-corrected chi connectivity index (χ4v) is 4.33. The molecule has 2 atom stereocenters. The van der Waals surface area contributed by atoms with Crippen LogP contribution < -0.4 is 10.5 Å². The zero-order chi connectivity index (χ0) is 23.4. The summed E-state index contributed by atoms with van der Waals surface area (Å²) in [6.07, 6.45) is 3.86. The Hall–Kier alpha value is -3.68. The molecule has 2 aromatic carbocycles. The zero-order valence-corrected chi connectivity index (χ0v) is 18.4. The van der Waals surface area contributed by atoms with Crippen LogP contribution in [0.3, 0.4) is 0 Å². The highest BCUT2D eigenvalue weighted by molar-refractivity contribution is 5.88. The van der Waals surface area contributed by atoms with E-state index >= 15 is 0 Å². The van der Waals surface area contributed by atoms with Gasteiger partial charge in [0, 0.05) is 37.3 Å². The molecule has 4 rings (SSSR count). The topological polar surface area (TPSA) is 101 Å². The molecule has 7 nitrogen and oxygen atoms in total. The summed E-state index contributed by atoms with van der Waals surface area (Å²) >= 11 is 0. The maximum atomic E-state index is 13.6. The molecule has 0 aliphatic carbocycles. The molecule has 172 valence electrons. The van der Waals surface area contributed by atoms with Crippen molar-refractivity contribution in [3.8, 4) is 5.75 Å². The first-order valence-corrected chi connectivity index (χ1v) is 10.9. The minimum atomic E-state index is -0.690. The van der Waals surface area contributed by atoms with E-state index in [0.717, 1.165) is 22.6 Å². The number of hydrogen-bond donors (Lipinski definition) is 2. The number of likely N-dealkylation sites (tertiary alicyclic amines) is 1. The van der Waals surface area contributed by atoms with Crippen molar-refractivity contribution in [1.29, 1.82) is 0 Å². The number of halogens is 1. The molecule has 1 unspecified atom stereocenters. The Morgan fingerprint density at radius 2 is 1.82 bits per heavy atom. The summed E-state index contributed by atoms with van der Waals surface area (Å²) in [4.78, 5) is 34.8. The number of nitrogens with two attached hydrogens (primary N) is 1. The lowest BCUT2D eigenvalue weighted by molar-refractivity contribution is -0.145. The first-order chi connectivity index (χ1) is 15.9. The van der Waals surface area contributed by atoms with Gasteiger partial charge in [-0.15, -0.1) is 0 Å². The van der Waals surface area contributed by atoms with Crippen LogP contribution in [0.15, 0.2) is 61.1 Å². The monoisotopic (exact) mass is 450 g/mol. The number of amides is 2. The van der Waals surface area contributed by atoms with Crippen LogP contribution in [0, 0.1) is 17.7 Å². The molecule has 1 fully saturated rings. The van der Waals surface area contributed by atoms with E-state index in [-0.39, 0.29) is 17.6 Å². The summed E-state index contributed by atoms with van der Waals surface area (Å²) < 4.78 is 18.5. The molecule has 0 saturated carbocycles. The number of carbonyl (C=O) groups is 2. The van der Waals surface area contributed by atoms with E-state index in [0.29, 0.717) is 25.9 Å². The van der Waals surface area contributed by atoms with Crippen molar-refractivity contribution in [2.75, 3.05) is 20.2 Å². The highest BCUT2D eigenvalue weighted by Gasteiger charge is 2.40. The second kappa shape index (κ2) is 9.85. The molecule has 1 aromatic heterocycles. The summed E-state index contributed by atoms with van der Waals surface area (Å²) in [5.41, 5.74) is 8.45. The molecule has 1 saturated heterocycles. The van der Waals surface area contributed by atoms with Crippen molar-refractivity contribution >= 4 is 11.8 Å². The summed E-state index contributed by atoms with van der Waals surface area (Å²) in [6, 6.07) is 13.8. The highest BCUT2D eigenvalue weighted by Crippen LogP contribution is 2.32. The largest absolute Gasteiger partial charge is 0.497 e. The Labute approximate surface area is 191 Å². The third kappa shape index (κ3) is 5.22. The molecular formula is C25H27FN4O3. The zero-order valence-electron chi connectivity index (χ0n) is 18.4. The van der Waals surface area contributed by atoms with Crippen LogP contribution in [0.5, 0.6) is 5.75 Å². The van der Waals surface area contributed by atoms with Crippen LogP contribution in [0.2, 0.25) is 0 Å². The van der Waals surface area contributed by atoms with Gasteiger partial charge in [-0.2, -0.15) is 0 Å². The molecule has 0 bridgehead atoms. The van der Waals surface area contributed by atoms with E-state index in [9.17, 15) is 14.0 Å². The van der Waals surface area contributed by atoms with Crippen molar-refractivity contribution in [1.82, 2.24) is 14.9 Å². The Balaban J connectivity index is 1.53. The average Bonchev–Trinajstić information content (AvgIpc) is 3.30. The van der Waals surface area contributed by atoms with Crippen molar-refractivity contribution in [2.45, 2.75) is 18.8 Å². The van der Waals surface area contributed by atoms with Gasteiger partial charge in [0.15, 0.2) is 0 Å². The van der Waals surface area contributed by atoms with Gasteiger partial charge in [-0.25, -0.2) is 9.37 Å². The number of hydrogen-bond acceptors (Lipinski definition) is 4. The summed E-state index contributed by atoms with van der Waals surface area (Å²) in [5.74, 6) is -1.35. The van der Waals surface area contributed by atoms with Crippen LogP contribution in [0.4, 0.5) is 4.39 Å². The van der Waals surface area contributed by atoms with E-state index < -0.39 is 17.7 Å². The maximum absolute atomic E-state index is 13.6. The lowest BCUT2D eigenvalue weighted by atomic mass is 9.80. The van der Waals surface area contributed by atoms with Crippen LogP contribution in [-0.2, 0) is 22.4 Å². The number of rotatable bonds is 9. The van der Waals surface area contributed by atoms with E-state index in [1.54, 1.807) is 30.3 Å². The van der Waals surface area contributed by atoms with Crippen molar-refractivity contribution < 1.29 is 18.7 Å². The van der Waals surface area contributed by atoms with Gasteiger partial charge >= 0.3 is 0 Å². The van der Waals surface area contributed by atoms with E-state index in [1.165, 1.54) is 18.5 Å². The predicted octanol–water partition coefficient (Wildman–Crippen LogP) is 2.69. The van der Waals surface area contributed by atoms with Gasteiger partial charge in [0.25, 0.3) is 0 Å². The number of benzene rings is 2. The van der Waals surface area contributed by atoms with Gasteiger partial charge in [-0.1, -0.05) is 24.3 Å². The van der Waals surface area contributed by atoms with Gasteiger partial charge in [-0.05, 0) is 41.8 Å². The smallest absolute Gasteiger partial charge is 0.226 e. The van der Waals surface area contributed by atoms with Crippen LogP contribution >= 0.6 is 0 Å². The molecule has 1 aliphatic rings. The third-order valence-corrected chi connectivity index (χ3v) is 6.31. The van der Waals surface area contributed by atoms with Crippen molar-refractivity contribution in [2.24, 2.45) is 17.6 Å². The van der Waals surface area contributed by atoms with Gasteiger partial charge in [0.05, 0.1) is 25.3 Å². The van der Waals surface area contributed by atoms with E-state index in [4.69, 9.17) is 10.5 Å². The standard InChI is InChI=1S/C25H27FN4O3/c1-33-21-8-2-16(3-9-21)10-23(22(24(27)31)11-20-12-28-15-29-20)25(32)30-13-18(14-30)17-4-6-19(26)7-5-17/h2-9,12,15,18,22-23H,10-11,13-14H2,1H3,(H2,27,31)(H,28,29)/t22?,23-/m1/s1. The second-order valence-corrected chi connectivity index (χ2v) is 8.44. The van der Waals surface area contributed by atoms with E-state index in [1.807, 2.05) is 24.3 Å². The number of methoxy groups -OCH3 is 1. The molecular weight excluding hydrogens is 423 g/mol. The van der Waals surface area contributed by atoms with Gasteiger partial charge in [0.2, 0.25) is 11.8 Å². The first-order valence-electron chi connectivity index (χ1n) is 10.9. The van der Waals surface area contributed by atoms with Crippen molar-refractivity contribution in [3.05, 3.63) is 83.7 Å². The molecule has 3 N–H and O–H groups in total. The lowest BCUT2D eigenvalue weighted by Crippen LogP contribution is -2.53. The number of carbonyl (C=O) groups excluding carboxylic acids is 2. The molecule has 8 heteroatoms. The Bertz CT molecular complexity index is 1080. The van der Waals surface area contributed by atoms with Crippen LogP contribution in [0.25, 0.3) is 0 Å². The van der Waals surface area contributed by atoms with Gasteiger partial charge in [-0.3, -0.25) is 9.59 Å². The molecule has 2 amide bonds. The number of imidazole rings is 1. The summed E-state index contributed by atoms with van der Waals surface area (Å²) in [6.45, 7) is 1.05. The number of primary amides is 1. The number of nitrogens with zero attached hydrogens (tertiary/aromatic N) is 2. The van der Waals surface area contributed by atoms with Crippen LogP contribution in [0.1, 0.15) is 22.7 Å². The first kappa shape index (κ1) is 22.5. The third-order valence-electron chi connectivity index (χ3n) is 6.31. The second-order valence-electron chi connectivity index (χ2n) is 8.44. The number of aromatic nitrogens is 2. The van der Waals surface area contributed by atoms with E-state index in [2.05, 4.69) is 9.97 Å². The molecule has 3 aromatic rings. The summed E-state index contributed by atoms with van der Waals surface area (Å²) in [7, 11) is 1.59. The highest BCUT2D eigenvalue weighted by atomic mass is 19.1. The van der Waals surface area contributed by atoms with Crippen LogP contribution in [-0.4, -0.2) is 46.9 Å². The normalized spacial score (nSPS) is 15.5. The quantitative estimate of drug-likeness (QED) is 0.523. The van der Waals surface area contributed by atoms with Crippen molar-refractivity contribution in [3.63, 3.8) is 0 Å². The molecule has 2 heterocycles. The van der Waals surface area contributed by atoms with Gasteiger partial charge < -0.3 is 20.4 Å². The Morgan fingerprint density at radius 1 is 1.12 bits per heavy atom. The number of nitrogens with one attached hydrogen (secondary N) is 1. The molecule has 33 heavy (non-hydrogen) atoms. The lowest BCUT2D eigenvalue weighted by Gasteiger charge is -2.42. The molecule has 1 aliphatic heterocycles. The number of H-pyrrole nitrogens is 1. The Kier molecular flexibility index (Phi) is 6.72. The van der Waals surface area contributed by atoms with Gasteiger partial charge in [0.1, 0.15) is 11.6 Å². The molecule has 0 spiro atoms. The molecule has 0 radical (unpaired) electrons. The average molecular weight is 451 g/mol. The predicted molar refractivity (Wildman–Crippen MR) is 121 cm³/mol. The summed E-state index contributed by atoms with van der Waals surface area (Å²) in [5, 5.41) is 0. The fraction of sp³-hybridized carbons (Fsp3) is 0.320. The Morgan fingerprint density at radius 3 is 2.39 bits per heavy atom. The maximum Gasteiger partial charge on any atom is 0.226 e. The SMILES string of the molecule is COc1ccc(C[C@@H](C(=O)N2CC(c3ccc(F)cc3)C2)C(Cc2cnc[nH]2)C(N)=O)cc1. The minimum absolute atomic E-state index is 0.104. The fourth-order valence-electron chi connectivity index (χ4n) is 4.33. The number of aromatic amines is 1. The number of ether oxygens (including phenoxy) is 1.